The predicted octanol–water partition coefficient (Wildman–Crippen LogP) is 4.30. The predicted molar refractivity (Wildman–Crippen MR) is 120 cm³/mol. The van der Waals surface area contributed by atoms with E-state index < -0.39 is 28.1 Å². The summed E-state index contributed by atoms with van der Waals surface area (Å²) in [5, 5.41) is 11.2. The largest absolute Gasteiger partial charge is 0.463 e. The van der Waals surface area contributed by atoms with E-state index in [9.17, 15) is 24.5 Å². The molecule has 170 valence electrons. The lowest BCUT2D eigenvalue weighted by Gasteiger charge is -2.44. The first-order chi connectivity index (χ1) is 15.9. The lowest BCUT2D eigenvalue weighted by molar-refractivity contribution is -0.384. The zero-order chi connectivity index (χ0) is 23.6. The van der Waals surface area contributed by atoms with Crippen LogP contribution in [-0.4, -0.2) is 29.3 Å². The fourth-order valence-electron chi connectivity index (χ4n) is 4.77. The second-order valence-corrected chi connectivity index (χ2v) is 8.25. The monoisotopic (exact) mass is 448 g/mol. The Morgan fingerprint density at radius 3 is 2.61 bits per heavy atom. The number of carbonyl (C=O) groups excluding carboxylic acids is 3. The van der Waals surface area contributed by atoms with E-state index in [1.165, 1.54) is 24.3 Å². The molecule has 1 saturated heterocycles. The molecular formula is C25H24N2O6. The number of rotatable bonds is 5. The van der Waals surface area contributed by atoms with Gasteiger partial charge in [0.2, 0.25) is 11.8 Å². The Morgan fingerprint density at radius 1 is 1.15 bits per heavy atom. The van der Waals surface area contributed by atoms with Crippen LogP contribution in [0.5, 0.6) is 0 Å². The number of hydrogen-bond acceptors (Lipinski definition) is 6. The molecule has 0 bridgehead atoms. The third-order valence-electron chi connectivity index (χ3n) is 6.41. The molecule has 2 amide bonds. The number of hydrogen-bond donors (Lipinski definition) is 0. The van der Waals surface area contributed by atoms with Gasteiger partial charge >= 0.3 is 5.97 Å². The Hall–Kier alpha value is -3.81. The third kappa shape index (κ3) is 4.04. The van der Waals surface area contributed by atoms with Crippen molar-refractivity contribution in [2.45, 2.75) is 38.5 Å². The van der Waals surface area contributed by atoms with Crippen molar-refractivity contribution in [3.8, 4) is 0 Å². The van der Waals surface area contributed by atoms with Crippen molar-refractivity contribution in [2.24, 2.45) is 5.41 Å². The molecule has 1 heterocycles. The van der Waals surface area contributed by atoms with Gasteiger partial charge in [0, 0.05) is 30.0 Å². The van der Waals surface area contributed by atoms with Gasteiger partial charge < -0.3 is 4.74 Å². The highest BCUT2D eigenvalue weighted by Gasteiger charge is 2.54. The molecule has 33 heavy (non-hydrogen) atoms. The quantitative estimate of drug-likeness (QED) is 0.292. The number of piperidine rings is 1. The highest BCUT2D eigenvalue weighted by Crippen LogP contribution is 2.50. The van der Waals surface area contributed by atoms with Gasteiger partial charge in [0.15, 0.2) is 0 Å². The maximum absolute atomic E-state index is 13.8. The van der Waals surface area contributed by atoms with Gasteiger partial charge in [-0.1, -0.05) is 42.5 Å². The van der Waals surface area contributed by atoms with Gasteiger partial charge in [-0.15, -0.1) is 0 Å². The third-order valence-corrected chi connectivity index (χ3v) is 6.41. The standard InChI is InChI=1S/C25H24N2O6/c1-2-33-23(29)21-15-18(17-7-4-3-5-8-17)11-13-25(21)14-12-22(28)26(24(25)30)19-9-6-10-20(16-19)27(31)32/h3-10,15-16,18H,2,11-14H2,1H3. The first-order valence-corrected chi connectivity index (χ1v) is 10.9. The van der Waals surface area contributed by atoms with E-state index in [0.717, 1.165) is 10.5 Å². The number of carbonyl (C=O) groups is 3. The van der Waals surface area contributed by atoms with E-state index in [4.69, 9.17) is 4.74 Å². The van der Waals surface area contributed by atoms with Gasteiger partial charge in [-0.3, -0.25) is 19.7 Å². The number of nitro groups is 1. The van der Waals surface area contributed by atoms with Crippen LogP contribution < -0.4 is 4.90 Å². The van der Waals surface area contributed by atoms with E-state index in [1.54, 1.807) is 13.0 Å². The van der Waals surface area contributed by atoms with Crippen LogP contribution in [0.25, 0.3) is 0 Å². The Labute approximate surface area is 191 Å². The van der Waals surface area contributed by atoms with Crippen molar-refractivity contribution in [3.05, 3.63) is 81.9 Å². The Balaban J connectivity index is 1.78. The molecule has 4 rings (SSSR count). The Morgan fingerprint density at radius 2 is 1.91 bits per heavy atom. The van der Waals surface area contributed by atoms with Crippen LogP contribution >= 0.6 is 0 Å². The number of non-ortho nitro benzene ring substituents is 1. The summed E-state index contributed by atoms with van der Waals surface area (Å²) in [5.41, 5.74) is -0.00877. The minimum Gasteiger partial charge on any atom is -0.463 e. The van der Waals surface area contributed by atoms with Crippen molar-refractivity contribution in [1.29, 1.82) is 0 Å². The molecular weight excluding hydrogens is 424 g/mol. The zero-order valence-electron chi connectivity index (χ0n) is 18.2. The van der Waals surface area contributed by atoms with Crippen molar-refractivity contribution in [2.75, 3.05) is 11.5 Å². The highest BCUT2D eigenvalue weighted by atomic mass is 16.6. The second kappa shape index (κ2) is 8.97. The van der Waals surface area contributed by atoms with Crippen LogP contribution in [0, 0.1) is 15.5 Å². The van der Waals surface area contributed by atoms with E-state index in [-0.39, 0.29) is 42.3 Å². The molecule has 8 nitrogen and oxygen atoms in total. The van der Waals surface area contributed by atoms with Crippen LogP contribution in [0.3, 0.4) is 0 Å². The van der Waals surface area contributed by atoms with Gasteiger partial charge in [0.1, 0.15) is 0 Å². The van der Waals surface area contributed by atoms with Crippen molar-refractivity contribution in [3.63, 3.8) is 0 Å². The van der Waals surface area contributed by atoms with Crippen LogP contribution in [0.2, 0.25) is 0 Å². The molecule has 2 aromatic rings. The Bertz CT molecular complexity index is 1140. The lowest BCUT2D eigenvalue weighted by Crippen LogP contribution is -2.54. The van der Waals surface area contributed by atoms with Crippen molar-refractivity contribution in [1.82, 2.24) is 0 Å². The summed E-state index contributed by atoms with van der Waals surface area (Å²) in [6, 6.07) is 15.1. The fourth-order valence-corrected chi connectivity index (χ4v) is 4.77. The van der Waals surface area contributed by atoms with Gasteiger partial charge in [-0.25, -0.2) is 9.69 Å². The number of allylic oxidation sites excluding steroid dienone is 1. The summed E-state index contributed by atoms with van der Waals surface area (Å²) in [4.78, 5) is 51.3. The Kier molecular flexibility index (Phi) is 6.09. The highest BCUT2D eigenvalue weighted by molar-refractivity contribution is 6.21. The molecule has 8 heteroatoms. The molecule has 0 aromatic heterocycles. The van der Waals surface area contributed by atoms with Gasteiger partial charge in [-0.05, 0) is 37.8 Å². The molecule has 2 aromatic carbocycles. The topological polar surface area (TPSA) is 107 Å². The van der Waals surface area contributed by atoms with Crippen LogP contribution in [0.4, 0.5) is 11.4 Å². The molecule has 0 radical (unpaired) electrons. The SMILES string of the molecule is CCOC(=O)C1=CC(c2ccccc2)CCC12CCC(=O)N(c1cccc([N+](=O)[O-])c1)C2=O. The van der Waals surface area contributed by atoms with E-state index in [2.05, 4.69) is 0 Å². The number of anilines is 1. The molecule has 1 fully saturated rings. The summed E-state index contributed by atoms with van der Waals surface area (Å²) < 4.78 is 5.31. The molecule has 2 aliphatic rings. The number of ether oxygens (including phenoxy) is 1. The minimum atomic E-state index is -1.21. The average molecular weight is 448 g/mol. The first-order valence-electron chi connectivity index (χ1n) is 10.9. The fraction of sp³-hybridized carbons (Fsp3) is 0.320. The normalized spacial score (nSPS) is 22.8. The van der Waals surface area contributed by atoms with Crippen LogP contribution in [0.1, 0.15) is 44.1 Å². The van der Waals surface area contributed by atoms with Gasteiger partial charge in [-0.2, -0.15) is 0 Å². The zero-order valence-corrected chi connectivity index (χ0v) is 18.2. The van der Waals surface area contributed by atoms with Gasteiger partial charge in [0.25, 0.3) is 5.69 Å². The molecule has 2 atom stereocenters. The van der Waals surface area contributed by atoms with E-state index in [0.29, 0.717) is 12.8 Å². The minimum absolute atomic E-state index is 0.0428. The van der Waals surface area contributed by atoms with Crippen LogP contribution in [0.15, 0.2) is 66.2 Å². The van der Waals surface area contributed by atoms with E-state index in [1.807, 2.05) is 30.3 Å². The van der Waals surface area contributed by atoms with Gasteiger partial charge in [0.05, 0.1) is 22.6 Å². The number of nitrogens with zero attached hydrogens (tertiary/aromatic N) is 2. The molecule has 1 aliphatic heterocycles. The summed E-state index contributed by atoms with van der Waals surface area (Å²) >= 11 is 0. The van der Waals surface area contributed by atoms with Crippen molar-refractivity contribution < 1.29 is 24.0 Å². The van der Waals surface area contributed by atoms with Crippen molar-refractivity contribution >= 4 is 29.2 Å². The smallest absolute Gasteiger partial charge is 0.334 e. The molecule has 0 saturated carbocycles. The molecule has 2 unspecified atom stereocenters. The summed E-state index contributed by atoms with van der Waals surface area (Å²) in [6.07, 6.45) is 3.03. The summed E-state index contributed by atoms with van der Waals surface area (Å²) in [7, 11) is 0. The maximum Gasteiger partial charge on any atom is 0.334 e. The average Bonchev–Trinajstić information content (AvgIpc) is 2.83. The van der Waals surface area contributed by atoms with E-state index >= 15 is 0 Å². The second-order valence-electron chi connectivity index (χ2n) is 8.25. The summed E-state index contributed by atoms with van der Waals surface area (Å²) in [5.74, 6) is -1.61. The molecule has 0 N–H and O–H groups in total. The number of benzene rings is 2. The lowest BCUT2D eigenvalue weighted by atomic mass is 9.64. The number of nitro benzene ring substituents is 1. The maximum atomic E-state index is 13.8. The molecule has 1 aliphatic carbocycles. The molecule has 1 spiro atoms. The number of esters is 1. The first kappa shape index (κ1) is 22.4. The van der Waals surface area contributed by atoms with Crippen LogP contribution in [-0.2, 0) is 19.1 Å². The number of imide groups is 1. The summed E-state index contributed by atoms with van der Waals surface area (Å²) in [6.45, 7) is 1.86. The number of amides is 2.